The molecule has 0 saturated carbocycles. The molecule has 154 valence electrons. The van der Waals surface area contributed by atoms with Crippen molar-refractivity contribution in [2.24, 2.45) is 7.05 Å². The molecule has 5 rings (SSSR count). The van der Waals surface area contributed by atoms with Gasteiger partial charge < -0.3 is 14.3 Å². The lowest BCUT2D eigenvalue weighted by Gasteiger charge is -2.25. The van der Waals surface area contributed by atoms with E-state index in [9.17, 15) is 13.6 Å². The van der Waals surface area contributed by atoms with Crippen molar-refractivity contribution in [1.29, 1.82) is 0 Å². The molecule has 1 aromatic carbocycles. The maximum Gasteiger partial charge on any atom is 0.274 e. The Morgan fingerprint density at radius 2 is 2.03 bits per heavy atom. The molecule has 1 aliphatic rings. The first-order valence-corrected chi connectivity index (χ1v) is 9.72. The number of rotatable bonds is 4. The maximum absolute atomic E-state index is 14.4. The SMILES string of the molecule is CC(c1cccc(F)c1F)c1cn(C)c(=O)c2[nH]c(-c3cnn(C4COC4)c3)cc12. The van der Waals surface area contributed by atoms with Gasteiger partial charge in [-0.1, -0.05) is 19.1 Å². The highest BCUT2D eigenvalue weighted by Crippen LogP contribution is 2.33. The van der Waals surface area contributed by atoms with Crippen LogP contribution in [0.3, 0.4) is 0 Å². The number of aryl methyl sites for hydroxylation is 1. The first-order chi connectivity index (χ1) is 14.4. The van der Waals surface area contributed by atoms with Gasteiger partial charge in [0.1, 0.15) is 5.52 Å². The minimum atomic E-state index is -0.887. The molecule has 3 aromatic heterocycles. The summed E-state index contributed by atoms with van der Waals surface area (Å²) in [5.74, 6) is -2.21. The molecule has 0 bridgehead atoms. The van der Waals surface area contributed by atoms with Gasteiger partial charge in [0.05, 0.1) is 25.5 Å². The number of halogens is 2. The summed E-state index contributed by atoms with van der Waals surface area (Å²) < 4.78 is 36.7. The molecule has 1 unspecified atom stereocenters. The van der Waals surface area contributed by atoms with E-state index in [1.807, 2.05) is 16.9 Å². The van der Waals surface area contributed by atoms with Crippen LogP contribution in [0.4, 0.5) is 8.78 Å². The first-order valence-electron chi connectivity index (χ1n) is 9.72. The normalized spacial score (nSPS) is 15.5. The number of H-pyrrole nitrogens is 1. The molecule has 8 heteroatoms. The molecule has 0 amide bonds. The van der Waals surface area contributed by atoms with E-state index in [2.05, 4.69) is 10.1 Å². The summed E-state index contributed by atoms with van der Waals surface area (Å²) in [6, 6.07) is 6.25. The second-order valence-corrected chi connectivity index (χ2v) is 7.74. The number of aromatic nitrogens is 4. The Bertz CT molecular complexity index is 1320. The predicted octanol–water partition coefficient (Wildman–Crippen LogP) is 3.73. The van der Waals surface area contributed by atoms with Crippen molar-refractivity contribution < 1.29 is 13.5 Å². The molecule has 6 nitrogen and oxygen atoms in total. The van der Waals surface area contributed by atoms with Crippen molar-refractivity contribution in [3.05, 3.63) is 76.0 Å². The molecule has 30 heavy (non-hydrogen) atoms. The first kappa shape index (κ1) is 18.7. The van der Waals surface area contributed by atoms with Crippen molar-refractivity contribution in [3.8, 4) is 11.3 Å². The minimum Gasteiger partial charge on any atom is -0.377 e. The number of aromatic amines is 1. The molecule has 1 fully saturated rings. The fraction of sp³-hybridized carbons (Fsp3) is 0.273. The zero-order valence-electron chi connectivity index (χ0n) is 16.5. The highest BCUT2D eigenvalue weighted by Gasteiger charge is 2.23. The summed E-state index contributed by atoms with van der Waals surface area (Å²) in [6.45, 7) is 3.07. The average Bonchev–Trinajstić information content (AvgIpc) is 3.32. The summed E-state index contributed by atoms with van der Waals surface area (Å²) in [5, 5.41) is 5.08. The van der Waals surface area contributed by atoms with Crippen LogP contribution in [0.15, 0.2) is 47.7 Å². The van der Waals surface area contributed by atoms with Crippen LogP contribution < -0.4 is 5.56 Å². The molecule has 4 aromatic rings. The lowest BCUT2D eigenvalue weighted by molar-refractivity contribution is -0.0286. The number of fused-ring (bicyclic) bond motifs is 1. The van der Waals surface area contributed by atoms with Crippen molar-refractivity contribution in [2.75, 3.05) is 13.2 Å². The van der Waals surface area contributed by atoms with Gasteiger partial charge in [-0.2, -0.15) is 5.10 Å². The predicted molar refractivity (Wildman–Crippen MR) is 108 cm³/mol. The quantitative estimate of drug-likeness (QED) is 0.558. The van der Waals surface area contributed by atoms with Gasteiger partial charge in [-0.15, -0.1) is 0 Å². The lowest BCUT2D eigenvalue weighted by atomic mass is 9.91. The molecule has 0 aliphatic carbocycles. The number of ether oxygens (including phenoxy) is 1. The highest BCUT2D eigenvalue weighted by atomic mass is 19.2. The highest BCUT2D eigenvalue weighted by molar-refractivity contribution is 5.88. The molecule has 1 aliphatic heterocycles. The van der Waals surface area contributed by atoms with Gasteiger partial charge in [0.2, 0.25) is 0 Å². The van der Waals surface area contributed by atoms with E-state index in [0.717, 1.165) is 22.9 Å². The van der Waals surface area contributed by atoms with Crippen molar-refractivity contribution in [2.45, 2.75) is 18.9 Å². The fourth-order valence-corrected chi connectivity index (χ4v) is 3.94. The minimum absolute atomic E-state index is 0.188. The van der Waals surface area contributed by atoms with Crippen molar-refractivity contribution in [3.63, 3.8) is 0 Å². The zero-order valence-corrected chi connectivity index (χ0v) is 16.5. The molecular formula is C22H20F2N4O2. The Morgan fingerprint density at radius 1 is 1.23 bits per heavy atom. The Balaban J connectivity index is 1.64. The van der Waals surface area contributed by atoms with Gasteiger partial charge in [-0.3, -0.25) is 9.48 Å². The Morgan fingerprint density at radius 3 is 2.77 bits per heavy atom. The van der Waals surface area contributed by atoms with Crippen LogP contribution in [0.2, 0.25) is 0 Å². The van der Waals surface area contributed by atoms with E-state index in [4.69, 9.17) is 4.74 Å². The Hall–Kier alpha value is -3.26. The second kappa shape index (κ2) is 6.91. The van der Waals surface area contributed by atoms with Gasteiger partial charge >= 0.3 is 0 Å². The molecule has 0 radical (unpaired) electrons. The third kappa shape index (κ3) is 2.87. The van der Waals surface area contributed by atoms with Crippen LogP contribution in [0.1, 0.15) is 30.0 Å². The van der Waals surface area contributed by atoms with Gasteiger partial charge in [0, 0.05) is 42.0 Å². The largest absolute Gasteiger partial charge is 0.377 e. The van der Waals surface area contributed by atoms with Crippen LogP contribution in [-0.2, 0) is 11.8 Å². The maximum atomic E-state index is 14.4. The van der Waals surface area contributed by atoms with E-state index in [0.29, 0.717) is 24.1 Å². The number of hydrogen-bond donors (Lipinski definition) is 1. The average molecular weight is 410 g/mol. The van der Waals surface area contributed by atoms with Crippen LogP contribution in [-0.4, -0.2) is 32.5 Å². The van der Waals surface area contributed by atoms with E-state index in [-0.39, 0.29) is 17.2 Å². The Kier molecular flexibility index (Phi) is 4.32. The van der Waals surface area contributed by atoms with E-state index < -0.39 is 17.6 Å². The van der Waals surface area contributed by atoms with E-state index in [1.54, 1.807) is 32.4 Å². The third-order valence-electron chi connectivity index (χ3n) is 5.82. The molecule has 1 saturated heterocycles. The van der Waals surface area contributed by atoms with Gasteiger partial charge in [0.15, 0.2) is 11.6 Å². The van der Waals surface area contributed by atoms with Gasteiger partial charge in [-0.25, -0.2) is 8.78 Å². The van der Waals surface area contributed by atoms with Crippen molar-refractivity contribution >= 4 is 10.9 Å². The molecule has 1 N–H and O–H groups in total. The third-order valence-corrected chi connectivity index (χ3v) is 5.82. The van der Waals surface area contributed by atoms with Crippen LogP contribution in [0.25, 0.3) is 22.2 Å². The van der Waals surface area contributed by atoms with Crippen molar-refractivity contribution in [1.82, 2.24) is 19.3 Å². The van der Waals surface area contributed by atoms with Gasteiger partial charge in [0.25, 0.3) is 5.56 Å². The number of pyridine rings is 1. The van der Waals surface area contributed by atoms with Gasteiger partial charge in [-0.05, 0) is 23.3 Å². The summed E-state index contributed by atoms with van der Waals surface area (Å²) in [7, 11) is 1.65. The monoisotopic (exact) mass is 410 g/mol. The lowest BCUT2D eigenvalue weighted by Crippen LogP contribution is -2.30. The molecule has 1 atom stereocenters. The summed E-state index contributed by atoms with van der Waals surface area (Å²) in [6.07, 6.45) is 5.34. The van der Waals surface area contributed by atoms with E-state index >= 15 is 0 Å². The second-order valence-electron chi connectivity index (χ2n) is 7.74. The standard InChI is InChI=1S/C22H20F2N4O2/c1-12(15-4-3-5-18(23)20(15)24)17-9-27(2)22(29)21-16(17)6-19(26-21)13-7-25-28(8-13)14-10-30-11-14/h3-9,12,14,26H,10-11H2,1-2H3. The van der Waals surface area contributed by atoms with Crippen LogP contribution >= 0.6 is 0 Å². The van der Waals surface area contributed by atoms with Crippen LogP contribution in [0, 0.1) is 11.6 Å². The molecular weight excluding hydrogens is 390 g/mol. The summed E-state index contributed by atoms with van der Waals surface area (Å²) in [5.41, 5.74) is 2.80. The number of benzene rings is 1. The fourth-order valence-electron chi connectivity index (χ4n) is 3.94. The number of hydrogen-bond acceptors (Lipinski definition) is 3. The smallest absolute Gasteiger partial charge is 0.274 e. The Labute approximate surface area is 170 Å². The van der Waals surface area contributed by atoms with Crippen LogP contribution in [0.5, 0.6) is 0 Å². The van der Waals surface area contributed by atoms with E-state index in [1.165, 1.54) is 10.6 Å². The number of nitrogens with one attached hydrogen (secondary N) is 1. The summed E-state index contributed by atoms with van der Waals surface area (Å²) in [4.78, 5) is 15.9. The summed E-state index contributed by atoms with van der Waals surface area (Å²) >= 11 is 0. The molecule has 4 heterocycles. The zero-order chi connectivity index (χ0) is 21.0. The molecule has 0 spiro atoms. The number of nitrogens with zero attached hydrogens (tertiary/aromatic N) is 3. The topological polar surface area (TPSA) is 64.8 Å².